The van der Waals surface area contributed by atoms with Gasteiger partial charge in [0.25, 0.3) is 5.91 Å². The van der Waals surface area contributed by atoms with Crippen LogP contribution in [0.4, 0.5) is 4.39 Å². The van der Waals surface area contributed by atoms with E-state index in [1.54, 1.807) is 6.07 Å². The molecule has 2 aromatic heterocycles. The lowest BCUT2D eigenvalue weighted by Gasteiger charge is -2.08. The van der Waals surface area contributed by atoms with Gasteiger partial charge in [0.05, 0.1) is 16.7 Å². The van der Waals surface area contributed by atoms with Gasteiger partial charge in [-0.2, -0.15) is 0 Å². The van der Waals surface area contributed by atoms with Gasteiger partial charge in [-0.1, -0.05) is 54.2 Å². The second kappa shape index (κ2) is 9.02. The molecule has 4 rings (SSSR count). The second-order valence-corrected chi connectivity index (χ2v) is 7.97. The maximum Gasteiger partial charge on any atom is 0.272 e. The smallest absolute Gasteiger partial charge is 0.272 e. The standard InChI is InChI=1S/C21H15FN4O2S2/c22-16-9-5-4-8-14(16)19(28)26-25-17(27)11-30-21-18-15(13-6-2-1-3-7-13)10-29-20(18)23-12-24-21/h1-10,12H,11H2,(H,25,27)(H,26,28). The number of amides is 2. The monoisotopic (exact) mass is 438 g/mol. The van der Waals surface area contributed by atoms with E-state index in [0.29, 0.717) is 5.03 Å². The fraction of sp³-hybridized carbons (Fsp3) is 0.0476. The van der Waals surface area contributed by atoms with Crippen molar-refractivity contribution in [3.8, 4) is 11.1 Å². The van der Waals surface area contributed by atoms with Crippen molar-refractivity contribution in [3.63, 3.8) is 0 Å². The topological polar surface area (TPSA) is 84.0 Å². The summed E-state index contributed by atoms with van der Waals surface area (Å²) < 4.78 is 13.6. The van der Waals surface area contributed by atoms with Gasteiger partial charge in [-0.25, -0.2) is 14.4 Å². The molecule has 0 bridgehead atoms. The SMILES string of the molecule is O=C(CSc1ncnc2scc(-c3ccccc3)c12)NNC(=O)c1ccccc1F. The molecule has 4 aromatic rings. The van der Waals surface area contributed by atoms with Crippen molar-refractivity contribution in [2.24, 2.45) is 0 Å². The molecule has 0 unspecified atom stereocenters. The highest BCUT2D eigenvalue weighted by Gasteiger charge is 2.15. The van der Waals surface area contributed by atoms with Crippen LogP contribution in [0.3, 0.4) is 0 Å². The van der Waals surface area contributed by atoms with E-state index in [-0.39, 0.29) is 11.3 Å². The molecule has 0 radical (unpaired) electrons. The molecule has 2 aromatic carbocycles. The quantitative estimate of drug-likeness (QED) is 0.279. The zero-order valence-corrected chi connectivity index (χ0v) is 17.1. The first-order chi connectivity index (χ1) is 14.6. The third-order valence-corrected chi connectivity index (χ3v) is 6.07. The Kier molecular flexibility index (Phi) is 6.01. The van der Waals surface area contributed by atoms with Crippen LogP contribution in [0.25, 0.3) is 21.3 Å². The van der Waals surface area contributed by atoms with Gasteiger partial charge < -0.3 is 0 Å². The molecule has 9 heteroatoms. The van der Waals surface area contributed by atoms with Crippen LogP contribution in [0.5, 0.6) is 0 Å². The van der Waals surface area contributed by atoms with E-state index in [2.05, 4.69) is 20.8 Å². The number of hydrogen-bond donors (Lipinski definition) is 2. The number of halogens is 1. The van der Waals surface area contributed by atoms with Crippen molar-refractivity contribution in [1.29, 1.82) is 0 Å². The summed E-state index contributed by atoms with van der Waals surface area (Å²) in [6.45, 7) is 0. The Balaban J connectivity index is 1.44. The minimum atomic E-state index is -0.722. The number of aromatic nitrogens is 2. The zero-order chi connectivity index (χ0) is 20.9. The van der Waals surface area contributed by atoms with Crippen molar-refractivity contribution in [2.75, 3.05) is 5.75 Å². The molecule has 0 aliphatic carbocycles. The van der Waals surface area contributed by atoms with E-state index in [4.69, 9.17) is 0 Å². The van der Waals surface area contributed by atoms with E-state index in [1.165, 1.54) is 47.6 Å². The Morgan fingerprint density at radius 1 is 1.00 bits per heavy atom. The number of hydrazine groups is 1. The number of carbonyl (C=O) groups is 2. The molecule has 2 heterocycles. The number of thioether (sulfide) groups is 1. The fourth-order valence-corrected chi connectivity index (χ4v) is 4.59. The fourth-order valence-electron chi connectivity index (χ4n) is 2.80. The van der Waals surface area contributed by atoms with Gasteiger partial charge in [-0.3, -0.25) is 20.4 Å². The molecule has 0 atom stereocenters. The largest absolute Gasteiger partial charge is 0.272 e. The number of benzene rings is 2. The molecule has 0 aliphatic rings. The van der Waals surface area contributed by atoms with E-state index in [1.807, 2.05) is 35.7 Å². The summed E-state index contributed by atoms with van der Waals surface area (Å²) in [5.41, 5.74) is 6.43. The molecule has 0 saturated carbocycles. The number of hydrogen-bond acceptors (Lipinski definition) is 6. The third kappa shape index (κ3) is 4.32. The normalized spacial score (nSPS) is 10.7. The van der Waals surface area contributed by atoms with Crippen LogP contribution in [-0.2, 0) is 4.79 Å². The molecule has 30 heavy (non-hydrogen) atoms. The number of nitrogens with zero attached hydrogens (tertiary/aromatic N) is 2. The highest BCUT2D eigenvalue weighted by Crippen LogP contribution is 2.37. The second-order valence-electron chi connectivity index (χ2n) is 6.15. The average molecular weight is 439 g/mol. The van der Waals surface area contributed by atoms with Crippen molar-refractivity contribution < 1.29 is 14.0 Å². The van der Waals surface area contributed by atoms with Crippen LogP contribution in [0, 0.1) is 5.82 Å². The predicted octanol–water partition coefficient (Wildman–Crippen LogP) is 4.05. The van der Waals surface area contributed by atoms with Crippen LogP contribution >= 0.6 is 23.1 Å². The summed E-state index contributed by atoms with van der Waals surface area (Å²) in [5.74, 6) is -1.80. The van der Waals surface area contributed by atoms with Crippen LogP contribution < -0.4 is 10.9 Å². The Morgan fingerprint density at radius 3 is 2.57 bits per heavy atom. The predicted molar refractivity (Wildman–Crippen MR) is 116 cm³/mol. The number of thiophene rings is 1. The Hall–Kier alpha value is -3.30. The van der Waals surface area contributed by atoms with E-state index < -0.39 is 17.6 Å². The van der Waals surface area contributed by atoms with Gasteiger partial charge in [0.1, 0.15) is 22.0 Å². The number of rotatable bonds is 5. The molecular formula is C21H15FN4O2S2. The van der Waals surface area contributed by atoms with Crippen LogP contribution in [0.1, 0.15) is 10.4 Å². The minimum Gasteiger partial charge on any atom is -0.272 e. The van der Waals surface area contributed by atoms with Crippen molar-refractivity contribution in [1.82, 2.24) is 20.8 Å². The summed E-state index contributed by atoms with van der Waals surface area (Å²) >= 11 is 2.75. The van der Waals surface area contributed by atoms with Gasteiger partial charge in [-0.15, -0.1) is 11.3 Å². The molecule has 0 aliphatic heterocycles. The third-order valence-electron chi connectivity index (χ3n) is 4.19. The van der Waals surface area contributed by atoms with E-state index >= 15 is 0 Å². The number of carbonyl (C=O) groups excluding carboxylic acids is 2. The Bertz CT molecular complexity index is 1210. The molecule has 0 spiro atoms. The molecule has 0 fully saturated rings. The first kappa shape index (κ1) is 20.0. The van der Waals surface area contributed by atoms with Gasteiger partial charge in [-0.05, 0) is 17.7 Å². The molecule has 6 nitrogen and oxygen atoms in total. The average Bonchev–Trinajstić information content (AvgIpc) is 3.22. The molecule has 150 valence electrons. The Morgan fingerprint density at radius 2 is 1.77 bits per heavy atom. The van der Waals surface area contributed by atoms with Crippen molar-refractivity contribution in [2.45, 2.75) is 5.03 Å². The molecule has 2 N–H and O–H groups in total. The lowest BCUT2D eigenvalue weighted by molar-refractivity contribution is -0.119. The van der Waals surface area contributed by atoms with Crippen LogP contribution in [0.2, 0.25) is 0 Å². The maximum atomic E-state index is 13.6. The van der Waals surface area contributed by atoms with Gasteiger partial charge >= 0.3 is 0 Å². The Labute approximate surface area is 179 Å². The van der Waals surface area contributed by atoms with Crippen molar-refractivity contribution in [3.05, 3.63) is 77.7 Å². The van der Waals surface area contributed by atoms with Crippen LogP contribution in [-0.4, -0.2) is 27.5 Å². The van der Waals surface area contributed by atoms with Crippen molar-refractivity contribution >= 4 is 45.1 Å². The summed E-state index contributed by atoms with van der Waals surface area (Å²) in [6.07, 6.45) is 1.47. The van der Waals surface area contributed by atoms with E-state index in [9.17, 15) is 14.0 Å². The summed E-state index contributed by atoms with van der Waals surface area (Å²) in [6, 6.07) is 15.4. The minimum absolute atomic E-state index is 0.0216. The van der Waals surface area contributed by atoms with E-state index in [0.717, 1.165) is 21.3 Å². The van der Waals surface area contributed by atoms with Crippen LogP contribution in [0.15, 0.2) is 71.3 Å². The van der Waals surface area contributed by atoms with Gasteiger partial charge in [0, 0.05) is 10.9 Å². The van der Waals surface area contributed by atoms with Gasteiger partial charge in [0.2, 0.25) is 5.91 Å². The highest BCUT2D eigenvalue weighted by atomic mass is 32.2. The first-order valence-corrected chi connectivity index (χ1v) is 10.7. The summed E-state index contributed by atoms with van der Waals surface area (Å²) in [4.78, 5) is 33.7. The number of nitrogens with one attached hydrogen (secondary N) is 2. The first-order valence-electron chi connectivity index (χ1n) is 8.87. The number of fused-ring (bicyclic) bond motifs is 1. The highest BCUT2D eigenvalue weighted by molar-refractivity contribution is 8.00. The lowest BCUT2D eigenvalue weighted by Crippen LogP contribution is -2.42. The molecular weight excluding hydrogens is 423 g/mol. The zero-order valence-electron chi connectivity index (χ0n) is 15.5. The molecule has 0 saturated heterocycles. The summed E-state index contributed by atoms with van der Waals surface area (Å²) in [5, 5.41) is 3.59. The molecule has 2 amide bonds. The lowest BCUT2D eigenvalue weighted by atomic mass is 10.1. The maximum absolute atomic E-state index is 13.6. The van der Waals surface area contributed by atoms with Gasteiger partial charge in [0.15, 0.2) is 0 Å². The summed E-state index contributed by atoms with van der Waals surface area (Å²) in [7, 11) is 0.